The molecule has 0 saturated carbocycles. The number of rotatable bonds is 20. The monoisotopic (exact) mass is 568 g/mol. The lowest BCUT2D eigenvalue weighted by atomic mass is 10.1. The van der Waals surface area contributed by atoms with Gasteiger partial charge in [0.05, 0.1) is 30.9 Å². The Labute approximate surface area is 234 Å². The van der Waals surface area contributed by atoms with E-state index in [2.05, 4.69) is 10.6 Å². The molecule has 13 heteroatoms. The predicted molar refractivity (Wildman–Crippen MR) is 142 cm³/mol. The molecule has 40 heavy (non-hydrogen) atoms. The first-order valence-corrected chi connectivity index (χ1v) is 13.2. The molecule has 0 saturated heterocycles. The molecule has 1 aromatic carbocycles. The van der Waals surface area contributed by atoms with Crippen molar-refractivity contribution in [3.05, 3.63) is 35.4 Å². The molecule has 13 nitrogen and oxygen atoms in total. The molecule has 1 aromatic rings. The Kier molecular flexibility index (Phi) is 18.8. The van der Waals surface area contributed by atoms with Crippen molar-refractivity contribution in [2.24, 2.45) is 0 Å². The summed E-state index contributed by atoms with van der Waals surface area (Å²) in [5, 5.41) is 5.29. The zero-order valence-electron chi connectivity index (χ0n) is 23.2. The fourth-order valence-corrected chi connectivity index (χ4v) is 3.07. The van der Waals surface area contributed by atoms with Gasteiger partial charge >= 0.3 is 30.1 Å². The Morgan fingerprint density at radius 3 is 1.45 bits per heavy atom. The van der Waals surface area contributed by atoms with Gasteiger partial charge in [-0.05, 0) is 49.9 Å². The lowest BCUT2D eigenvalue weighted by Gasteiger charge is -2.09. The van der Waals surface area contributed by atoms with Crippen LogP contribution in [0.4, 0.5) is 9.59 Å². The van der Waals surface area contributed by atoms with Crippen molar-refractivity contribution in [2.75, 3.05) is 59.8 Å². The van der Waals surface area contributed by atoms with Crippen LogP contribution in [0.15, 0.2) is 24.3 Å². The van der Waals surface area contributed by atoms with Crippen LogP contribution in [0.1, 0.15) is 66.2 Å². The van der Waals surface area contributed by atoms with Crippen LogP contribution in [0.5, 0.6) is 0 Å². The lowest BCUT2D eigenvalue weighted by molar-refractivity contribution is -0.141. The smallest absolute Gasteiger partial charge is 0.407 e. The van der Waals surface area contributed by atoms with E-state index < -0.39 is 24.1 Å². The third-order valence-electron chi connectivity index (χ3n) is 5.15. The quantitative estimate of drug-likeness (QED) is 0.135. The average Bonchev–Trinajstić information content (AvgIpc) is 2.94. The molecular formula is C27H40N2O11. The second-order valence-electron chi connectivity index (χ2n) is 8.43. The maximum atomic E-state index is 12.1. The van der Waals surface area contributed by atoms with Gasteiger partial charge in [0.1, 0.15) is 19.8 Å². The fraction of sp³-hybridized carbons (Fsp3) is 0.593. The minimum absolute atomic E-state index is 0.102. The topological polar surface area (TPSA) is 165 Å². The molecular weight excluding hydrogens is 528 g/mol. The van der Waals surface area contributed by atoms with Crippen molar-refractivity contribution in [1.82, 2.24) is 10.6 Å². The van der Waals surface area contributed by atoms with Gasteiger partial charge in [-0.2, -0.15) is 0 Å². The molecule has 0 aliphatic carbocycles. The Balaban J connectivity index is 1.99. The Morgan fingerprint density at radius 1 is 0.550 bits per heavy atom. The molecule has 0 atom stereocenters. The van der Waals surface area contributed by atoms with Crippen LogP contribution in [0.2, 0.25) is 0 Å². The molecule has 1 rings (SSSR count). The predicted octanol–water partition coefficient (Wildman–Crippen LogP) is 3.00. The van der Waals surface area contributed by atoms with Gasteiger partial charge in [-0.25, -0.2) is 19.2 Å². The molecule has 0 heterocycles. The Morgan fingerprint density at radius 2 is 0.975 bits per heavy atom. The Bertz CT molecular complexity index is 906. The number of nitrogens with one attached hydrogen (secondary N) is 2. The van der Waals surface area contributed by atoms with Crippen LogP contribution in [0.3, 0.4) is 0 Å². The van der Waals surface area contributed by atoms with Gasteiger partial charge in [0.2, 0.25) is 0 Å². The number of alkyl carbamates (subject to hydrolysis) is 2. The molecule has 0 aromatic heterocycles. The van der Waals surface area contributed by atoms with Crippen molar-refractivity contribution in [3.8, 4) is 0 Å². The van der Waals surface area contributed by atoms with Gasteiger partial charge in [-0.3, -0.25) is 4.79 Å². The maximum Gasteiger partial charge on any atom is 0.407 e. The highest BCUT2D eigenvalue weighted by Crippen LogP contribution is 2.08. The first-order valence-electron chi connectivity index (χ1n) is 13.2. The number of hydrogen-bond donors (Lipinski definition) is 2. The number of ether oxygens (including phenoxy) is 6. The summed E-state index contributed by atoms with van der Waals surface area (Å²) in [5.74, 6) is -1.46. The van der Waals surface area contributed by atoms with Crippen molar-refractivity contribution in [3.63, 3.8) is 0 Å². The zero-order chi connectivity index (χ0) is 29.4. The molecule has 0 radical (unpaired) electrons. The van der Waals surface area contributed by atoms with Crippen LogP contribution >= 0.6 is 0 Å². The van der Waals surface area contributed by atoms with Crippen LogP contribution in [0.25, 0.3) is 0 Å². The molecule has 2 amide bonds. The van der Waals surface area contributed by atoms with Gasteiger partial charge in [0.15, 0.2) is 0 Å². The molecule has 224 valence electrons. The number of hydrogen-bond acceptors (Lipinski definition) is 11. The highest BCUT2D eigenvalue weighted by atomic mass is 16.6. The molecule has 0 bridgehead atoms. The average molecular weight is 569 g/mol. The minimum atomic E-state index is -0.609. The highest BCUT2D eigenvalue weighted by Gasteiger charge is 2.11. The number of methoxy groups -OCH3 is 1. The van der Waals surface area contributed by atoms with E-state index in [0.29, 0.717) is 44.7 Å². The lowest BCUT2D eigenvalue weighted by Crippen LogP contribution is -2.27. The zero-order valence-corrected chi connectivity index (χ0v) is 23.2. The number of carbonyl (C=O) groups is 5. The van der Waals surface area contributed by atoms with Crippen molar-refractivity contribution in [1.29, 1.82) is 0 Å². The maximum absolute atomic E-state index is 12.1. The SMILES string of the molecule is COCCOC(=O)c1ccc(C(=O)OCCOC(=O)NCCCCCCNC(=O)OCCCCOC(C)=O)cc1. The molecule has 0 aliphatic heterocycles. The highest BCUT2D eigenvalue weighted by molar-refractivity contribution is 5.93. The minimum Gasteiger partial charge on any atom is -0.466 e. The van der Waals surface area contributed by atoms with E-state index in [-0.39, 0.29) is 38.0 Å². The van der Waals surface area contributed by atoms with E-state index in [9.17, 15) is 24.0 Å². The molecule has 0 spiro atoms. The molecule has 2 N–H and O–H groups in total. The van der Waals surface area contributed by atoms with E-state index in [1.165, 1.54) is 38.3 Å². The molecule has 0 aliphatic rings. The number of esters is 3. The summed E-state index contributed by atoms with van der Waals surface area (Å²) < 4.78 is 29.7. The Hall–Kier alpha value is -3.87. The summed E-state index contributed by atoms with van der Waals surface area (Å²) in [5.41, 5.74) is 0.546. The second-order valence-corrected chi connectivity index (χ2v) is 8.43. The fourth-order valence-electron chi connectivity index (χ4n) is 3.07. The summed E-state index contributed by atoms with van der Waals surface area (Å²) in [6.45, 7) is 3.06. The van der Waals surface area contributed by atoms with E-state index in [1.54, 1.807) is 0 Å². The molecule has 0 unspecified atom stereocenters. The summed E-state index contributed by atoms with van der Waals surface area (Å²) >= 11 is 0. The van der Waals surface area contributed by atoms with Crippen LogP contribution in [0, 0.1) is 0 Å². The largest absolute Gasteiger partial charge is 0.466 e. The van der Waals surface area contributed by atoms with Crippen LogP contribution in [-0.2, 0) is 33.2 Å². The number of unbranched alkanes of at least 4 members (excludes halogenated alkanes) is 4. The third-order valence-corrected chi connectivity index (χ3v) is 5.15. The summed E-state index contributed by atoms with van der Waals surface area (Å²) in [4.78, 5) is 57.8. The summed E-state index contributed by atoms with van der Waals surface area (Å²) in [6, 6.07) is 5.81. The van der Waals surface area contributed by atoms with E-state index in [4.69, 9.17) is 28.4 Å². The summed E-state index contributed by atoms with van der Waals surface area (Å²) in [6.07, 6.45) is 3.41. The third kappa shape index (κ3) is 17.6. The summed E-state index contributed by atoms with van der Waals surface area (Å²) in [7, 11) is 1.50. The van der Waals surface area contributed by atoms with E-state index in [0.717, 1.165) is 25.7 Å². The number of amides is 2. The first kappa shape index (κ1) is 34.2. The van der Waals surface area contributed by atoms with Gasteiger partial charge in [0.25, 0.3) is 0 Å². The van der Waals surface area contributed by atoms with E-state index >= 15 is 0 Å². The van der Waals surface area contributed by atoms with Crippen molar-refractivity contribution in [2.45, 2.75) is 45.4 Å². The standard InChI is InChI=1S/C27H40N2O11/c1-21(30)36-15-7-8-16-39-26(33)28-13-5-3-4-6-14-29-27(34)40-20-19-38-25(32)23-11-9-22(10-12-23)24(31)37-18-17-35-2/h9-12H,3-8,13-20H2,1-2H3,(H,28,33)(H,29,34). The van der Waals surface area contributed by atoms with Crippen LogP contribution < -0.4 is 10.6 Å². The first-order chi connectivity index (χ1) is 19.3. The van der Waals surface area contributed by atoms with Gasteiger partial charge in [0, 0.05) is 27.1 Å². The van der Waals surface area contributed by atoms with Gasteiger partial charge in [-0.15, -0.1) is 0 Å². The van der Waals surface area contributed by atoms with E-state index in [1.807, 2.05) is 0 Å². The van der Waals surface area contributed by atoms with Crippen LogP contribution in [-0.4, -0.2) is 89.9 Å². The second kappa shape index (κ2) is 22.0. The normalized spacial score (nSPS) is 10.2. The number of benzene rings is 1. The number of carbonyl (C=O) groups excluding carboxylic acids is 5. The van der Waals surface area contributed by atoms with Crippen molar-refractivity contribution < 1.29 is 52.4 Å². The van der Waals surface area contributed by atoms with Gasteiger partial charge in [-0.1, -0.05) is 12.8 Å². The molecule has 0 fully saturated rings. The van der Waals surface area contributed by atoms with Gasteiger partial charge < -0.3 is 39.1 Å². The van der Waals surface area contributed by atoms with Crippen molar-refractivity contribution >= 4 is 30.1 Å².